The zero-order valence-corrected chi connectivity index (χ0v) is 18.2. The van der Waals surface area contributed by atoms with E-state index in [1.807, 2.05) is 24.3 Å². The van der Waals surface area contributed by atoms with E-state index in [1.165, 1.54) is 10.9 Å². The van der Waals surface area contributed by atoms with Crippen molar-refractivity contribution in [2.45, 2.75) is 40.2 Å². The number of anilines is 2. The fourth-order valence-corrected chi connectivity index (χ4v) is 2.69. The van der Waals surface area contributed by atoms with Crippen LogP contribution >= 0.6 is 0 Å². The molecule has 2 heterocycles. The van der Waals surface area contributed by atoms with E-state index in [9.17, 15) is 9.59 Å². The molecule has 0 aliphatic heterocycles. The van der Waals surface area contributed by atoms with Crippen LogP contribution in [0.15, 0.2) is 42.9 Å². The Hall–Kier alpha value is -3.75. The third-order valence-corrected chi connectivity index (χ3v) is 4.05. The predicted molar refractivity (Wildman–Crippen MR) is 115 cm³/mol. The minimum atomic E-state index is -0.599. The second-order valence-corrected chi connectivity index (χ2v) is 7.76. The lowest BCUT2D eigenvalue weighted by atomic mass is 10.1. The smallest absolute Gasteiger partial charge is 0.435 e. The summed E-state index contributed by atoms with van der Waals surface area (Å²) >= 11 is 0. The van der Waals surface area contributed by atoms with Gasteiger partial charge in [0.05, 0.1) is 12.8 Å². The van der Waals surface area contributed by atoms with Crippen molar-refractivity contribution >= 4 is 23.6 Å². The van der Waals surface area contributed by atoms with E-state index in [-0.39, 0.29) is 12.2 Å². The molecule has 3 aromatic rings. The second kappa shape index (κ2) is 8.95. The van der Waals surface area contributed by atoms with Gasteiger partial charge in [0.2, 0.25) is 0 Å². The van der Waals surface area contributed by atoms with Crippen molar-refractivity contribution in [3.8, 4) is 11.1 Å². The van der Waals surface area contributed by atoms with Gasteiger partial charge in [0.1, 0.15) is 22.8 Å². The molecule has 0 saturated carbocycles. The van der Waals surface area contributed by atoms with E-state index in [0.717, 1.165) is 16.8 Å². The van der Waals surface area contributed by atoms with Gasteiger partial charge in [-0.25, -0.2) is 19.6 Å². The van der Waals surface area contributed by atoms with Crippen LogP contribution in [0.3, 0.4) is 0 Å². The largest absolute Gasteiger partial charge is 0.462 e. The molecule has 0 unspecified atom stereocenters. The summed E-state index contributed by atoms with van der Waals surface area (Å²) in [5, 5.41) is 7.22. The van der Waals surface area contributed by atoms with Crippen LogP contribution in [0.4, 0.5) is 16.3 Å². The molecule has 9 heteroatoms. The Morgan fingerprint density at radius 3 is 2.45 bits per heavy atom. The van der Waals surface area contributed by atoms with Crippen molar-refractivity contribution in [3.05, 3.63) is 54.2 Å². The number of ether oxygens (including phenoxy) is 2. The molecule has 9 nitrogen and oxygen atoms in total. The highest BCUT2D eigenvalue weighted by molar-refractivity contribution is 5.95. The van der Waals surface area contributed by atoms with E-state index in [0.29, 0.717) is 11.6 Å². The van der Waals surface area contributed by atoms with Crippen LogP contribution in [0.25, 0.3) is 11.1 Å². The molecule has 31 heavy (non-hydrogen) atoms. The minimum absolute atomic E-state index is 0.259. The molecule has 0 atom stereocenters. The van der Waals surface area contributed by atoms with Crippen molar-refractivity contribution in [3.63, 3.8) is 0 Å². The normalized spacial score (nSPS) is 11.1. The Morgan fingerprint density at radius 1 is 1.10 bits per heavy atom. The van der Waals surface area contributed by atoms with Gasteiger partial charge in [-0.05, 0) is 52.3 Å². The molecule has 0 aliphatic rings. The van der Waals surface area contributed by atoms with Crippen molar-refractivity contribution in [1.29, 1.82) is 0 Å². The Morgan fingerprint density at radius 2 is 1.81 bits per heavy atom. The summed E-state index contributed by atoms with van der Waals surface area (Å²) < 4.78 is 11.6. The summed E-state index contributed by atoms with van der Waals surface area (Å²) in [4.78, 5) is 32.7. The van der Waals surface area contributed by atoms with Crippen LogP contribution < -0.4 is 5.32 Å². The van der Waals surface area contributed by atoms with Gasteiger partial charge in [-0.3, -0.25) is 0 Å². The van der Waals surface area contributed by atoms with Gasteiger partial charge in [-0.15, -0.1) is 0 Å². The van der Waals surface area contributed by atoms with Crippen LogP contribution in [0, 0.1) is 6.92 Å². The first-order chi connectivity index (χ1) is 14.7. The summed E-state index contributed by atoms with van der Waals surface area (Å²) in [5.74, 6) is 0.411. The molecule has 0 amide bonds. The molecule has 0 bridgehead atoms. The number of nitrogens with zero attached hydrogens (tertiary/aromatic N) is 4. The highest BCUT2D eigenvalue weighted by Gasteiger charge is 2.19. The third kappa shape index (κ3) is 5.65. The minimum Gasteiger partial charge on any atom is -0.462 e. The zero-order valence-electron chi connectivity index (χ0n) is 18.2. The molecule has 0 saturated heterocycles. The van der Waals surface area contributed by atoms with Crippen LogP contribution in [0.5, 0.6) is 0 Å². The number of benzene rings is 1. The number of hydrogen-bond donors (Lipinski definition) is 1. The number of nitrogens with one attached hydrogen (secondary N) is 1. The lowest BCUT2D eigenvalue weighted by Crippen LogP contribution is -2.27. The van der Waals surface area contributed by atoms with Crippen LogP contribution in [0.2, 0.25) is 0 Å². The average molecular weight is 423 g/mol. The molecular weight excluding hydrogens is 398 g/mol. The van der Waals surface area contributed by atoms with Gasteiger partial charge in [0, 0.05) is 23.6 Å². The van der Waals surface area contributed by atoms with E-state index in [4.69, 9.17) is 9.47 Å². The maximum atomic E-state index is 12.2. The molecule has 3 rings (SSSR count). The highest BCUT2D eigenvalue weighted by Crippen LogP contribution is 2.24. The molecule has 0 radical (unpaired) electrons. The Labute approximate surface area is 180 Å². The van der Waals surface area contributed by atoms with Crippen LogP contribution in [0.1, 0.15) is 43.9 Å². The number of aryl methyl sites for hydroxylation is 1. The first-order valence-electron chi connectivity index (χ1n) is 9.82. The number of aromatic nitrogens is 4. The molecule has 0 fully saturated rings. The monoisotopic (exact) mass is 423 g/mol. The maximum absolute atomic E-state index is 12.2. The van der Waals surface area contributed by atoms with E-state index in [2.05, 4.69) is 20.4 Å². The van der Waals surface area contributed by atoms with Gasteiger partial charge < -0.3 is 14.8 Å². The number of hydrogen-bond acceptors (Lipinski definition) is 8. The summed E-state index contributed by atoms with van der Waals surface area (Å²) in [6, 6.07) is 7.42. The topological polar surface area (TPSA) is 108 Å². The number of carbonyl (C=O) groups excluding carboxylic acids is 2. The van der Waals surface area contributed by atoms with Crippen molar-refractivity contribution in [1.82, 2.24) is 19.7 Å². The quantitative estimate of drug-likeness (QED) is 0.603. The number of carbonyl (C=O) groups is 2. The van der Waals surface area contributed by atoms with E-state index >= 15 is 0 Å². The van der Waals surface area contributed by atoms with E-state index < -0.39 is 17.7 Å². The summed E-state index contributed by atoms with van der Waals surface area (Å²) in [6.07, 6.45) is 4.12. The summed E-state index contributed by atoms with van der Waals surface area (Å²) in [7, 11) is 0. The molecule has 0 spiro atoms. The molecule has 162 valence electrons. The fourth-order valence-electron chi connectivity index (χ4n) is 2.69. The highest BCUT2D eigenvalue weighted by atomic mass is 16.6. The van der Waals surface area contributed by atoms with Crippen molar-refractivity contribution in [2.75, 3.05) is 11.9 Å². The summed E-state index contributed by atoms with van der Waals surface area (Å²) in [6.45, 7) is 9.14. The van der Waals surface area contributed by atoms with Gasteiger partial charge >= 0.3 is 12.1 Å². The maximum Gasteiger partial charge on any atom is 0.435 e. The number of esters is 1. The predicted octanol–water partition coefficient (Wildman–Crippen LogP) is 4.35. The summed E-state index contributed by atoms with van der Waals surface area (Å²) in [5.41, 5.74) is 2.02. The first-order valence-corrected chi connectivity index (χ1v) is 9.82. The van der Waals surface area contributed by atoms with Crippen LogP contribution in [-0.2, 0) is 9.47 Å². The van der Waals surface area contributed by atoms with Crippen molar-refractivity contribution < 1.29 is 19.1 Å². The second-order valence-electron chi connectivity index (χ2n) is 7.76. The first kappa shape index (κ1) is 21.9. The Balaban J connectivity index is 1.77. The molecule has 1 N–H and O–H groups in total. The number of rotatable bonds is 5. The average Bonchev–Trinajstić information content (AvgIpc) is 3.18. The molecule has 1 aromatic carbocycles. The Kier molecular flexibility index (Phi) is 6.33. The SMILES string of the molecule is CCOC(=O)c1cnc(C)nc1Nc1ccc(-c2cnn(C(=O)OC(C)(C)C)c2)cc1. The van der Waals surface area contributed by atoms with Gasteiger partial charge in [-0.2, -0.15) is 9.78 Å². The van der Waals surface area contributed by atoms with Crippen molar-refractivity contribution in [2.24, 2.45) is 0 Å². The van der Waals surface area contributed by atoms with Gasteiger partial charge in [0.25, 0.3) is 0 Å². The third-order valence-electron chi connectivity index (χ3n) is 4.05. The molecule has 2 aromatic heterocycles. The van der Waals surface area contributed by atoms with Crippen LogP contribution in [-0.4, -0.2) is 44.0 Å². The zero-order chi connectivity index (χ0) is 22.6. The molecular formula is C22H25N5O4. The van der Waals surface area contributed by atoms with Gasteiger partial charge in [0.15, 0.2) is 0 Å². The lowest BCUT2D eigenvalue weighted by Gasteiger charge is -2.18. The standard InChI is InChI=1S/C22H25N5O4/c1-6-30-20(28)18-12-23-14(2)25-19(18)26-17-9-7-15(8-10-17)16-11-24-27(13-16)21(29)31-22(3,4)5/h7-13H,6H2,1-5H3,(H,23,25,26). The lowest BCUT2D eigenvalue weighted by molar-refractivity contribution is 0.0508. The van der Waals surface area contributed by atoms with E-state index in [1.54, 1.807) is 47.0 Å². The van der Waals surface area contributed by atoms with Gasteiger partial charge in [-0.1, -0.05) is 12.1 Å². The fraction of sp³-hybridized carbons (Fsp3) is 0.318. The molecule has 0 aliphatic carbocycles. The Bertz CT molecular complexity index is 1080.